The van der Waals surface area contributed by atoms with Crippen LogP contribution in [0, 0.1) is 0 Å². The highest BCUT2D eigenvalue weighted by molar-refractivity contribution is 6.29. The Morgan fingerprint density at radius 3 is 2.22 bits per heavy atom. The van der Waals surface area contributed by atoms with Gasteiger partial charge in [-0.2, -0.15) is 0 Å². The van der Waals surface area contributed by atoms with E-state index < -0.39 is 0 Å². The Labute approximate surface area is 60.5 Å². The third-order valence-corrected chi connectivity index (χ3v) is 2.20. The third kappa shape index (κ3) is 4.63. The highest BCUT2D eigenvalue weighted by Crippen LogP contribution is 1.80. The molecule has 0 atom stereocenters. The van der Waals surface area contributed by atoms with Crippen molar-refractivity contribution in [2.75, 3.05) is 19.8 Å². The van der Waals surface area contributed by atoms with Gasteiger partial charge < -0.3 is 4.98 Å². The Morgan fingerprint density at radius 1 is 1.33 bits per heavy atom. The minimum atomic E-state index is 0.0609. The molecule has 56 valence electrons. The van der Waals surface area contributed by atoms with E-state index in [-0.39, 0.29) is 9.68 Å². The van der Waals surface area contributed by atoms with Gasteiger partial charge in [0.1, 0.15) is 0 Å². The topological polar surface area (TPSA) is 15.3 Å². The molecule has 0 bridgehead atoms. The van der Waals surface area contributed by atoms with Crippen LogP contribution in [0.5, 0.6) is 0 Å². The van der Waals surface area contributed by atoms with Crippen LogP contribution in [0.1, 0.15) is 13.8 Å². The summed E-state index contributed by atoms with van der Waals surface area (Å²) in [6.07, 6.45) is 0. The van der Waals surface area contributed by atoms with Gasteiger partial charge in [0.2, 0.25) is 0 Å². The molecule has 0 saturated carbocycles. The second-order valence-electron chi connectivity index (χ2n) is 2.06. The molecule has 0 aliphatic rings. The first-order valence-electron chi connectivity index (χ1n) is 3.78. The van der Waals surface area contributed by atoms with Crippen LogP contribution in [0.15, 0.2) is 0 Å². The molecule has 3 heteroatoms. The molecule has 1 N–H and O–H groups in total. The van der Waals surface area contributed by atoms with E-state index in [1.54, 1.807) is 0 Å². The van der Waals surface area contributed by atoms with Crippen LogP contribution >= 0.6 is 0 Å². The maximum absolute atomic E-state index is 3.42. The number of nitrogens with one attached hydrogen (secondary N) is 1. The molecule has 0 aromatic carbocycles. The minimum Gasteiger partial charge on any atom is -0.331 e. The summed E-state index contributed by atoms with van der Waals surface area (Å²) in [6, 6.07) is 0. The van der Waals surface area contributed by atoms with Gasteiger partial charge in [-0.15, -0.1) is 0 Å². The Morgan fingerprint density at radius 2 is 1.89 bits per heavy atom. The van der Waals surface area contributed by atoms with E-state index in [0.717, 1.165) is 19.8 Å². The summed E-state index contributed by atoms with van der Waals surface area (Å²) in [4.78, 5) is 5.80. The molecular formula is C6H18N2Si. The van der Waals surface area contributed by atoms with Crippen LogP contribution < -0.4 is 4.98 Å². The summed E-state index contributed by atoms with van der Waals surface area (Å²) < 4.78 is 0. The van der Waals surface area contributed by atoms with Crippen molar-refractivity contribution in [2.45, 2.75) is 20.4 Å². The highest BCUT2D eigenvalue weighted by Gasteiger charge is 1.93. The van der Waals surface area contributed by atoms with E-state index in [4.69, 9.17) is 0 Å². The van der Waals surface area contributed by atoms with E-state index in [9.17, 15) is 0 Å². The first-order chi connectivity index (χ1) is 4.35. The number of hydrogen-bond acceptors (Lipinski definition) is 2. The van der Waals surface area contributed by atoms with Crippen molar-refractivity contribution in [1.29, 1.82) is 0 Å². The van der Waals surface area contributed by atoms with Gasteiger partial charge >= 0.3 is 0 Å². The SMILES string of the molecule is CCN(CC)CN[SiH2]C. The first-order valence-corrected chi connectivity index (χ1v) is 5.90. The zero-order valence-corrected chi connectivity index (χ0v) is 8.19. The molecular weight excluding hydrogens is 128 g/mol. The molecule has 0 unspecified atom stereocenters. The van der Waals surface area contributed by atoms with E-state index in [0.29, 0.717) is 0 Å². The molecule has 0 heterocycles. The predicted molar refractivity (Wildman–Crippen MR) is 45.3 cm³/mol. The Bertz CT molecular complexity index is 55.0. The van der Waals surface area contributed by atoms with Gasteiger partial charge in [-0.25, -0.2) is 0 Å². The fourth-order valence-corrected chi connectivity index (χ4v) is 1.26. The molecule has 9 heavy (non-hydrogen) atoms. The molecule has 0 aromatic heterocycles. The van der Waals surface area contributed by atoms with Crippen LogP contribution in [0.25, 0.3) is 0 Å². The lowest BCUT2D eigenvalue weighted by molar-refractivity contribution is 0.301. The Kier molecular flexibility index (Phi) is 6.35. The summed E-state index contributed by atoms with van der Waals surface area (Å²) in [5, 5.41) is 0. The number of rotatable bonds is 5. The third-order valence-electron chi connectivity index (χ3n) is 1.48. The largest absolute Gasteiger partial charge is 0.331 e. The molecule has 0 fully saturated rings. The Balaban J connectivity index is 3.09. The quantitative estimate of drug-likeness (QED) is 0.434. The van der Waals surface area contributed by atoms with E-state index in [1.165, 1.54) is 0 Å². The molecule has 0 rings (SSSR count). The van der Waals surface area contributed by atoms with Crippen LogP contribution in [-0.2, 0) is 0 Å². The van der Waals surface area contributed by atoms with Crippen molar-refractivity contribution in [1.82, 2.24) is 9.88 Å². The molecule has 0 saturated heterocycles. The van der Waals surface area contributed by atoms with E-state index in [1.807, 2.05) is 0 Å². The molecule has 0 spiro atoms. The molecule has 0 aliphatic carbocycles. The van der Waals surface area contributed by atoms with Gasteiger partial charge in [-0.3, -0.25) is 4.90 Å². The van der Waals surface area contributed by atoms with Gasteiger partial charge in [-0.1, -0.05) is 20.4 Å². The predicted octanol–water partition coefficient (Wildman–Crippen LogP) is 0.00720. The monoisotopic (exact) mass is 146 g/mol. The van der Waals surface area contributed by atoms with Gasteiger partial charge in [-0.05, 0) is 13.1 Å². The lowest BCUT2D eigenvalue weighted by Gasteiger charge is -2.17. The van der Waals surface area contributed by atoms with Crippen molar-refractivity contribution in [3.8, 4) is 0 Å². The maximum atomic E-state index is 3.42. The van der Waals surface area contributed by atoms with Gasteiger partial charge in [0, 0.05) is 6.67 Å². The lowest BCUT2D eigenvalue weighted by atomic mass is 10.6. The summed E-state index contributed by atoms with van der Waals surface area (Å²) in [7, 11) is 0.0609. The van der Waals surface area contributed by atoms with Gasteiger partial charge in [0.25, 0.3) is 0 Å². The van der Waals surface area contributed by atoms with E-state index >= 15 is 0 Å². The van der Waals surface area contributed by atoms with Crippen LogP contribution in [0.3, 0.4) is 0 Å². The number of nitrogens with zero attached hydrogens (tertiary/aromatic N) is 1. The van der Waals surface area contributed by atoms with Gasteiger partial charge in [0.05, 0.1) is 9.68 Å². The summed E-state index contributed by atoms with van der Waals surface area (Å²) in [5.41, 5.74) is 0. The first kappa shape index (κ1) is 9.14. The number of hydrogen-bond donors (Lipinski definition) is 1. The molecule has 0 radical (unpaired) electrons. The lowest BCUT2D eigenvalue weighted by Crippen LogP contribution is -2.34. The zero-order chi connectivity index (χ0) is 7.11. The highest BCUT2D eigenvalue weighted by atomic mass is 28.2. The average molecular weight is 146 g/mol. The summed E-state index contributed by atoms with van der Waals surface area (Å²) in [6.45, 7) is 10.1. The molecule has 2 nitrogen and oxygen atoms in total. The van der Waals surface area contributed by atoms with Crippen molar-refractivity contribution >= 4 is 9.68 Å². The maximum Gasteiger partial charge on any atom is 0.0900 e. The van der Waals surface area contributed by atoms with Crippen LogP contribution in [-0.4, -0.2) is 34.3 Å². The molecule has 0 aromatic rings. The summed E-state index contributed by atoms with van der Waals surface area (Å²) >= 11 is 0. The standard InChI is InChI=1S/C6H18N2Si/c1-4-8(5-2)6-7-9-3/h7H,4-6,9H2,1-3H3. The fraction of sp³-hybridized carbons (Fsp3) is 1.00. The van der Waals surface area contributed by atoms with Gasteiger partial charge in [0.15, 0.2) is 0 Å². The summed E-state index contributed by atoms with van der Waals surface area (Å²) in [5.74, 6) is 0. The van der Waals surface area contributed by atoms with Crippen LogP contribution in [0.2, 0.25) is 6.55 Å². The van der Waals surface area contributed by atoms with E-state index in [2.05, 4.69) is 30.3 Å². The van der Waals surface area contributed by atoms with Crippen LogP contribution in [0.4, 0.5) is 0 Å². The van der Waals surface area contributed by atoms with Crippen molar-refractivity contribution in [2.24, 2.45) is 0 Å². The smallest absolute Gasteiger partial charge is 0.0900 e. The second kappa shape index (κ2) is 6.26. The van der Waals surface area contributed by atoms with Crippen molar-refractivity contribution < 1.29 is 0 Å². The Hall–Kier alpha value is 0.137. The van der Waals surface area contributed by atoms with Crippen molar-refractivity contribution in [3.05, 3.63) is 0 Å². The second-order valence-corrected chi connectivity index (χ2v) is 3.27. The zero-order valence-electron chi connectivity index (χ0n) is 6.78. The molecule has 0 aliphatic heterocycles. The average Bonchev–Trinajstić information content (AvgIpc) is 1.91. The normalized spacial score (nSPS) is 12.0. The fourth-order valence-electron chi connectivity index (χ4n) is 0.717. The minimum absolute atomic E-state index is 0.0609. The molecule has 0 amide bonds. The van der Waals surface area contributed by atoms with Crippen molar-refractivity contribution in [3.63, 3.8) is 0 Å².